The van der Waals surface area contributed by atoms with Gasteiger partial charge in [0.2, 0.25) is 0 Å². The molecule has 19 heavy (non-hydrogen) atoms. The van der Waals surface area contributed by atoms with Crippen LogP contribution < -0.4 is 5.32 Å². The monoisotopic (exact) mass is 261 g/mol. The Morgan fingerprint density at radius 3 is 2.84 bits per heavy atom. The van der Waals surface area contributed by atoms with Gasteiger partial charge in [-0.15, -0.1) is 0 Å². The number of aromatic nitrogens is 4. The minimum atomic E-state index is -0.121. The summed E-state index contributed by atoms with van der Waals surface area (Å²) in [7, 11) is 1.85. The van der Waals surface area contributed by atoms with Crippen molar-refractivity contribution in [2.75, 3.05) is 0 Å². The number of amides is 1. The molecule has 0 unspecified atom stereocenters. The lowest BCUT2D eigenvalue weighted by molar-refractivity contribution is 0.0924. The molecule has 0 radical (unpaired) electrons. The van der Waals surface area contributed by atoms with Crippen molar-refractivity contribution in [2.45, 2.75) is 32.9 Å². The lowest BCUT2D eigenvalue weighted by Crippen LogP contribution is -2.31. The van der Waals surface area contributed by atoms with Crippen LogP contribution in [-0.2, 0) is 13.6 Å². The average molecular weight is 261 g/mol. The van der Waals surface area contributed by atoms with Gasteiger partial charge in [-0.3, -0.25) is 4.79 Å². The van der Waals surface area contributed by atoms with Gasteiger partial charge in [-0.05, 0) is 25.5 Å². The number of nitrogens with zero attached hydrogens (tertiary/aromatic N) is 4. The standard InChI is InChI=1S/C13H19N5O/c1-4-10(12-14-9-15-18(12)5-2)16-13(19)11-7-6-8-17(11)3/h6-10H,4-5H2,1-3H3,(H,16,19)/t10-/m1/s1. The van der Waals surface area contributed by atoms with Crippen molar-refractivity contribution in [3.8, 4) is 0 Å². The second kappa shape index (κ2) is 5.69. The summed E-state index contributed by atoms with van der Waals surface area (Å²) in [5.74, 6) is 0.706. The predicted molar refractivity (Wildman–Crippen MR) is 71.6 cm³/mol. The number of aryl methyl sites for hydroxylation is 2. The normalized spacial score (nSPS) is 12.4. The van der Waals surface area contributed by atoms with Gasteiger partial charge < -0.3 is 9.88 Å². The van der Waals surface area contributed by atoms with E-state index in [9.17, 15) is 4.79 Å². The van der Waals surface area contributed by atoms with Crippen LogP contribution in [0.1, 0.15) is 42.6 Å². The Labute approximate surface area is 112 Å². The summed E-state index contributed by atoms with van der Waals surface area (Å²) < 4.78 is 3.60. The Morgan fingerprint density at radius 1 is 1.47 bits per heavy atom. The molecule has 0 aliphatic carbocycles. The third kappa shape index (κ3) is 2.67. The zero-order chi connectivity index (χ0) is 13.8. The van der Waals surface area contributed by atoms with E-state index in [-0.39, 0.29) is 11.9 Å². The SMILES string of the molecule is CC[C@@H](NC(=O)c1cccn1C)c1ncnn1CC. The maximum absolute atomic E-state index is 12.2. The fourth-order valence-electron chi connectivity index (χ4n) is 2.06. The van der Waals surface area contributed by atoms with Crippen LogP contribution in [-0.4, -0.2) is 25.2 Å². The Hall–Kier alpha value is -2.11. The molecule has 0 aliphatic rings. The molecule has 1 amide bonds. The van der Waals surface area contributed by atoms with E-state index in [1.807, 2.05) is 33.2 Å². The van der Waals surface area contributed by atoms with Crippen molar-refractivity contribution in [3.05, 3.63) is 36.2 Å². The average Bonchev–Trinajstić information content (AvgIpc) is 3.03. The molecule has 2 rings (SSSR count). The summed E-state index contributed by atoms with van der Waals surface area (Å²) in [4.78, 5) is 16.4. The fourth-order valence-corrected chi connectivity index (χ4v) is 2.06. The molecule has 0 aliphatic heterocycles. The first-order valence-corrected chi connectivity index (χ1v) is 6.47. The largest absolute Gasteiger partial charge is 0.347 e. The van der Waals surface area contributed by atoms with Crippen LogP contribution >= 0.6 is 0 Å². The van der Waals surface area contributed by atoms with E-state index in [4.69, 9.17) is 0 Å². The van der Waals surface area contributed by atoms with Crippen molar-refractivity contribution in [1.82, 2.24) is 24.6 Å². The summed E-state index contributed by atoms with van der Waals surface area (Å²) in [5.41, 5.74) is 0.640. The second-order valence-corrected chi connectivity index (χ2v) is 4.37. The quantitative estimate of drug-likeness (QED) is 0.887. The van der Waals surface area contributed by atoms with E-state index in [0.29, 0.717) is 5.69 Å². The first-order chi connectivity index (χ1) is 9.17. The molecular weight excluding hydrogens is 242 g/mol. The van der Waals surface area contributed by atoms with E-state index in [1.54, 1.807) is 15.3 Å². The zero-order valence-electron chi connectivity index (χ0n) is 11.5. The smallest absolute Gasteiger partial charge is 0.268 e. The van der Waals surface area contributed by atoms with E-state index >= 15 is 0 Å². The van der Waals surface area contributed by atoms with Gasteiger partial charge in [0.25, 0.3) is 5.91 Å². The highest BCUT2D eigenvalue weighted by molar-refractivity contribution is 5.92. The number of nitrogens with one attached hydrogen (secondary N) is 1. The maximum Gasteiger partial charge on any atom is 0.268 e. The van der Waals surface area contributed by atoms with Gasteiger partial charge in [0, 0.05) is 19.8 Å². The minimum Gasteiger partial charge on any atom is -0.347 e. The molecule has 0 spiro atoms. The lowest BCUT2D eigenvalue weighted by Gasteiger charge is -2.17. The number of hydrogen-bond donors (Lipinski definition) is 1. The molecule has 0 fully saturated rings. The van der Waals surface area contributed by atoms with Crippen LogP contribution in [0.4, 0.5) is 0 Å². The molecule has 0 saturated heterocycles. The van der Waals surface area contributed by atoms with Gasteiger partial charge in [-0.1, -0.05) is 6.92 Å². The van der Waals surface area contributed by atoms with Gasteiger partial charge >= 0.3 is 0 Å². The van der Waals surface area contributed by atoms with Crippen LogP contribution in [0.5, 0.6) is 0 Å². The molecule has 2 aromatic heterocycles. The third-order valence-electron chi connectivity index (χ3n) is 3.15. The van der Waals surface area contributed by atoms with Crippen LogP contribution in [0.15, 0.2) is 24.7 Å². The van der Waals surface area contributed by atoms with Crippen molar-refractivity contribution in [3.63, 3.8) is 0 Å². The summed E-state index contributed by atoms with van der Waals surface area (Å²) >= 11 is 0. The third-order valence-corrected chi connectivity index (χ3v) is 3.15. The highest BCUT2D eigenvalue weighted by atomic mass is 16.2. The van der Waals surface area contributed by atoms with Gasteiger partial charge in [0.05, 0.1) is 6.04 Å². The molecule has 0 aromatic carbocycles. The lowest BCUT2D eigenvalue weighted by atomic mass is 10.2. The van der Waals surface area contributed by atoms with E-state index in [2.05, 4.69) is 15.4 Å². The first-order valence-electron chi connectivity index (χ1n) is 6.47. The number of carbonyl (C=O) groups is 1. The Balaban J connectivity index is 2.16. The zero-order valence-corrected chi connectivity index (χ0v) is 11.5. The molecule has 6 heteroatoms. The second-order valence-electron chi connectivity index (χ2n) is 4.37. The Morgan fingerprint density at radius 2 is 2.26 bits per heavy atom. The van der Waals surface area contributed by atoms with E-state index in [1.165, 1.54) is 6.33 Å². The predicted octanol–water partition coefficient (Wildman–Crippen LogP) is 1.52. The van der Waals surface area contributed by atoms with Crippen molar-refractivity contribution >= 4 is 5.91 Å². The first kappa shape index (κ1) is 13.3. The fraction of sp³-hybridized carbons (Fsp3) is 0.462. The molecule has 102 valence electrons. The molecular formula is C13H19N5O. The number of rotatable bonds is 5. The molecule has 0 saturated carbocycles. The van der Waals surface area contributed by atoms with Gasteiger partial charge in [-0.25, -0.2) is 9.67 Å². The summed E-state index contributed by atoms with van der Waals surface area (Å²) in [6.45, 7) is 4.76. The van der Waals surface area contributed by atoms with Gasteiger partial charge in [0.1, 0.15) is 17.8 Å². The minimum absolute atomic E-state index is 0.0926. The molecule has 6 nitrogen and oxygen atoms in total. The van der Waals surface area contributed by atoms with Crippen LogP contribution in [0.25, 0.3) is 0 Å². The summed E-state index contributed by atoms with van der Waals surface area (Å²) in [6.07, 6.45) is 4.15. The highest BCUT2D eigenvalue weighted by Crippen LogP contribution is 2.14. The number of hydrogen-bond acceptors (Lipinski definition) is 3. The number of carbonyl (C=O) groups excluding carboxylic acids is 1. The van der Waals surface area contributed by atoms with Gasteiger partial charge in [0.15, 0.2) is 0 Å². The Bertz CT molecular complexity index is 557. The van der Waals surface area contributed by atoms with Crippen molar-refractivity contribution < 1.29 is 4.79 Å². The van der Waals surface area contributed by atoms with Crippen molar-refractivity contribution in [2.24, 2.45) is 7.05 Å². The van der Waals surface area contributed by atoms with Crippen molar-refractivity contribution in [1.29, 1.82) is 0 Å². The molecule has 1 N–H and O–H groups in total. The van der Waals surface area contributed by atoms with Crippen LogP contribution in [0.2, 0.25) is 0 Å². The molecule has 0 bridgehead atoms. The van der Waals surface area contributed by atoms with Crippen LogP contribution in [0.3, 0.4) is 0 Å². The van der Waals surface area contributed by atoms with Gasteiger partial charge in [-0.2, -0.15) is 5.10 Å². The van der Waals surface area contributed by atoms with Crippen LogP contribution in [0, 0.1) is 0 Å². The Kier molecular flexibility index (Phi) is 3.99. The highest BCUT2D eigenvalue weighted by Gasteiger charge is 2.19. The molecule has 2 aromatic rings. The topological polar surface area (TPSA) is 64.7 Å². The van der Waals surface area contributed by atoms with E-state index < -0.39 is 0 Å². The summed E-state index contributed by atoms with van der Waals surface area (Å²) in [5, 5.41) is 7.14. The molecule has 2 heterocycles. The maximum atomic E-state index is 12.2. The van der Waals surface area contributed by atoms with E-state index in [0.717, 1.165) is 18.8 Å². The molecule has 1 atom stereocenters. The summed E-state index contributed by atoms with van der Waals surface area (Å²) in [6, 6.07) is 3.53.